The maximum Gasteiger partial charge on any atom is 0.131 e. The summed E-state index contributed by atoms with van der Waals surface area (Å²) in [6, 6.07) is 5.01. The molecule has 5 heteroatoms. The fourth-order valence-electron chi connectivity index (χ4n) is 2.68. The van der Waals surface area contributed by atoms with Crippen LogP contribution >= 0.6 is 0 Å². The van der Waals surface area contributed by atoms with Crippen molar-refractivity contribution in [3.63, 3.8) is 0 Å². The second kappa shape index (κ2) is 6.73. The fourth-order valence-corrected chi connectivity index (χ4v) is 2.68. The van der Waals surface area contributed by atoms with Crippen LogP contribution in [0.4, 0.5) is 4.39 Å². The van der Waals surface area contributed by atoms with E-state index in [1.165, 1.54) is 13.2 Å². The average molecular weight is 296 g/mol. The molecule has 0 saturated carbocycles. The summed E-state index contributed by atoms with van der Waals surface area (Å²) < 4.78 is 19.0. The van der Waals surface area contributed by atoms with Crippen molar-refractivity contribution < 1.29 is 14.2 Å². The number of ether oxygens (including phenoxy) is 1. The van der Waals surface area contributed by atoms with Crippen LogP contribution in [0.1, 0.15) is 19.4 Å². The van der Waals surface area contributed by atoms with Gasteiger partial charge >= 0.3 is 0 Å². The van der Waals surface area contributed by atoms with E-state index in [0.29, 0.717) is 24.4 Å². The molecule has 0 spiro atoms. The average Bonchev–Trinajstić information content (AvgIpc) is 2.41. The van der Waals surface area contributed by atoms with E-state index < -0.39 is 5.60 Å². The van der Waals surface area contributed by atoms with Gasteiger partial charge in [-0.2, -0.15) is 0 Å². The minimum atomic E-state index is -0.662. The van der Waals surface area contributed by atoms with Crippen LogP contribution < -0.4 is 4.74 Å². The molecular formula is C16H25FN2O2. The molecule has 1 saturated heterocycles. The van der Waals surface area contributed by atoms with E-state index in [-0.39, 0.29) is 5.82 Å². The number of rotatable bonds is 5. The third-order valence-corrected chi connectivity index (χ3v) is 3.73. The third kappa shape index (κ3) is 4.95. The van der Waals surface area contributed by atoms with E-state index in [0.717, 1.165) is 26.2 Å². The molecule has 1 aromatic rings. The molecule has 118 valence electrons. The summed E-state index contributed by atoms with van der Waals surface area (Å²) in [5, 5.41) is 9.84. The van der Waals surface area contributed by atoms with Crippen LogP contribution in [0.25, 0.3) is 0 Å². The first kappa shape index (κ1) is 16.2. The van der Waals surface area contributed by atoms with Crippen molar-refractivity contribution in [3.8, 4) is 5.75 Å². The Morgan fingerprint density at radius 3 is 2.33 bits per heavy atom. The van der Waals surface area contributed by atoms with E-state index in [9.17, 15) is 9.50 Å². The highest BCUT2D eigenvalue weighted by Gasteiger charge is 2.23. The largest absolute Gasteiger partial charge is 0.497 e. The third-order valence-electron chi connectivity index (χ3n) is 3.73. The molecule has 0 unspecified atom stereocenters. The van der Waals surface area contributed by atoms with Crippen molar-refractivity contribution in [3.05, 3.63) is 29.6 Å². The number of methoxy groups -OCH3 is 1. The first-order valence-corrected chi connectivity index (χ1v) is 7.37. The van der Waals surface area contributed by atoms with Gasteiger partial charge in [0.15, 0.2) is 0 Å². The lowest BCUT2D eigenvalue weighted by molar-refractivity contribution is 0.0165. The predicted molar refractivity (Wildman–Crippen MR) is 81.0 cm³/mol. The Labute approximate surface area is 126 Å². The smallest absolute Gasteiger partial charge is 0.131 e. The number of aliphatic hydroxyl groups is 1. The maximum atomic E-state index is 13.9. The number of piperazine rings is 1. The van der Waals surface area contributed by atoms with Crippen LogP contribution in [0.15, 0.2) is 18.2 Å². The summed E-state index contributed by atoms with van der Waals surface area (Å²) in [4.78, 5) is 4.49. The number of benzene rings is 1. The molecule has 0 aromatic heterocycles. The molecule has 1 aliphatic heterocycles. The van der Waals surface area contributed by atoms with Crippen molar-refractivity contribution >= 4 is 0 Å². The Morgan fingerprint density at radius 1 is 1.19 bits per heavy atom. The number of hydrogen-bond donors (Lipinski definition) is 1. The zero-order valence-corrected chi connectivity index (χ0v) is 13.1. The number of hydrogen-bond acceptors (Lipinski definition) is 4. The first-order valence-electron chi connectivity index (χ1n) is 7.37. The van der Waals surface area contributed by atoms with Gasteiger partial charge in [0.1, 0.15) is 11.6 Å². The second-order valence-electron chi connectivity index (χ2n) is 6.32. The highest BCUT2D eigenvalue weighted by atomic mass is 19.1. The van der Waals surface area contributed by atoms with Crippen molar-refractivity contribution in [1.29, 1.82) is 0 Å². The van der Waals surface area contributed by atoms with Gasteiger partial charge in [-0.15, -0.1) is 0 Å². The van der Waals surface area contributed by atoms with Crippen LogP contribution in [-0.2, 0) is 6.54 Å². The predicted octanol–water partition coefficient (Wildman–Crippen LogP) is 1.72. The molecule has 21 heavy (non-hydrogen) atoms. The van der Waals surface area contributed by atoms with Gasteiger partial charge in [0, 0.05) is 50.9 Å². The Morgan fingerprint density at radius 2 is 1.81 bits per heavy atom. The number of β-amino-alcohol motifs (C(OH)–C–C–N with tert-alkyl or cyclic N) is 1. The van der Waals surface area contributed by atoms with Gasteiger partial charge in [0.05, 0.1) is 12.7 Å². The van der Waals surface area contributed by atoms with Gasteiger partial charge < -0.3 is 9.84 Å². The van der Waals surface area contributed by atoms with Gasteiger partial charge in [0.2, 0.25) is 0 Å². The van der Waals surface area contributed by atoms with Crippen molar-refractivity contribution in [2.45, 2.75) is 26.0 Å². The van der Waals surface area contributed by atoms with Crippen LogP contribution in [0.3, 0.4) is 0 Å². The van der Waals surface area contributed by atoms with Crippen LogP contribution in [-0.4, -0.2) is 60.3 Å². The topological polar surface area (TPSA) is 35.9 Å². The Kier molecular flexibility index (Phi) is 5.19. The van der Waals surface area contributed by atoms with Gasteiger partial charge in [-0.05, 0) is 19.9 Å². The zero-order chi connectivity index (χ0) is 15.5. The maximum absolute atomic E-state index is 13.9. The molecule has 0 radical (unpaired) electrons. The van der Waals surface area contributed by atoms with Crippen LogP contribution in [0.2, 0.25) is 0 Å². The molecule has 0 bridgehead atoms. The molecule has 1 N–H and O–H groups in total. The number of halogens is 1. The van der Waals surface area contributed by atoms with Gasteiger partial charge in [-0.3, -0.25) is 9.80 Å². The zero-order valence-electron chi connectivity index (χ0n) is 13.1. The normalized spacial score (nSPS) is 18.0. The van der Waals surface area contributed by atoms with Crippen molar-refractivity contribution in [1.82, 2.24) is 9.80 Å². The van der Waals surface area contributed by atoms with E-state index in [1.807, 2.05) is 13.8 Å². The minimum Gasteiger partial charge on any atom is -0.497 e. The quantitative estimate of drug-likeness (QED) is 0.897. The van der Waals surface area contributed by atoms with E-state index in [1.54, 1.807) is 12.1 Å². The minimum absolute atomic E-state index is 0.215. The molecule has 0 atom stereocenters. The van der Waals surface area contributed by atoms with Crippen molar-refractivity contribution in [2.24, 2.45) is 0 Å². The number of nitrogens with zero attached hydrogens (tertiary/aromatic N) is 2. The molecule has 4 nitrogen and oxygen atoms in total. The molecule has 0 amide bonds. The summed E-state index contributed by atoms with van der Waals surface area (Å²) in [5.74, 6) is 0.333. The lowest BCUT2D eigenvalue weighted by atomic mass is 10.1. The molecule has 1 aliphatic rings. The Hall–Kier alpha value is -1.17. The lowest BCUT2D eigenvalue weighted by Gasteiger charge is -2.37. The first-order chi connectivity index (χ1) is 9.87. The Bertz CT molecular complexity index is 466. The van der Waals surface area contributed by atoms with Gasteiger partial charge in [-0.1, -0.05) is 6.07 Å². The highest BCUT2D eigenvalue weighted by Crippen LogP contribution is 2.18. The van der Waals surface area contributed by atoms with E-state index in [4.69, 9.17) is 4.74 Å². The summed E-state index contributed by atoms with van der Waals surface area (Å²) in [6.45, 7) is 8.54. The lowest BCUT2D eigenvalue weighted by Crippen LogP contribution is -2.50. The monoisotopic (exact) mass is 296 g/mol. The second-order valence-corrected chi connectivity index (χ2v) is 6.32. The van der Waals surface area contributed by atoms with Crippen molar-refractivity contribution in [2.75, 3.05) is 39.8 Å². The Balaban J connectivity index is 1.86. The summed E-state index contributed by atoms with van der Waals surface area (Å²) in [5.41, 5.74) is 0.0382. The summed E-state index contributed by atoms with van der Waals surface area (Å²) in [6.07, 6.45) is 0. The van der Waals surface area contributed by atoms with Gasteiger partial charge in [-0.25, -0.2) is 4.39 Å². The van der Waals surface area contributed by atoms with Crippen LogP contribution in [0, 0.1) is 5.82 Å². The summed E-state index contributed by atoms with van der Waals surface area (Å²) in [7, 11) is 1.54. The fraction of sp³-hybridized carbons (Fsp3) is 0.625. The molecule has 2 rings (SSSR count). The summed E-state index contributed by atoms with van der Waals surface area (Å²) >= 11 is 0. The molecule has 1 heterocycles. The molecular weight excluding hydrogens is 271 g/mol. The standard InChI is InChI=1S/C16H25FN2O2/c1-16(2,20)12-19-8-6-18(7-9-19)11-13-4-5-14(21-3)10-15(13)17/h4-5,10,20H,6-9,11-12H2,1-3H3. The van der Waals surface area contributed by atoms with Gasteiger partial charge in [0.25, 0.3) is 0 Å². The molecule has 1 aromatic carbocycles. The SMILES string of the molecule is COc1ccc(CN2CCN(CC(C)(C)O)CC2)c(F)c1. The molecule has 1 fully saturated rings. The molecule has 0 aliphatic carbocycles. The van der Waals surface area contributed by atoms with E-state index in [2.05, 4.69) is 9.80 Å². The van der Waals surface area contributed by atoms with Crippen LogP contribution in [0.5, 0.6) is 5.75 Å². The van der Waals surface area contributed by atoms with E-state index >= 15 is 0 Å². The highest BCUT2D eigenvalue weighted by molar-refractivity contribution is 5.28.